The van der Waals surface area contributed by atoms with E-state index in [0.717, 1.165) is 49.8 Å². The van der Waals surface area contributed by atoms with Gasteiger partial charge in [-0.15, -0.1) is 0 Å². The molecule has 5 heteroatoms. The Morgan fingerprint density at radius 2 is 2.09 bits per heavy atom. The molecule has 0 bridgehead atoms. The molecule has 1 heterocycles. The second-order valence-corrected chi connectivity index (χ2v) is 6.81. The lowest BCUT2D eigenvalue weighted by Crippen LogP contribution is -2.51. The van der Waals surface area contributed by atoms with Crippen molar-refractivity contribution in [2.45, 2.75) is 56.9 Å². The van der Waals surface area contributed by atoms with E-state index >= 15 is 0 Å². The number of carbonyl (C=O) groups is 2. The highest BCUT2D eigenvalue weighted by Gasteiger charge is 2.33. The number of nitrogens with one attached hydrogen (secondary N) is 2. The molecule has 0 radical (unpaired) electrons. The smallest absolute Gasteiger partial charge is 0.228 e. The van der Waals surface area contributed by atoms with Gasteiger partial charge in [-0.1, -0.05) is 25.0 Å². The fraction of sp³-hybridized carbons (Fsp3) is 0.556. The van der Waals surface area contributed by atoms with E-state index in [0.29, 0.717) is 19.4 Å². The maximum absolute atomic E-state index is 12.2. The fourth-order valence-electron chi connectivity index (χ4n) is 3.68. The van der Waals surface area contributed by atoms with Crippen LogP contribution in [0.25, 0.3) is 0 Å². The Morgan fingerprint density at radius 3 is 2.83 bits per heavy atom. The molecule has 2 amide bonds. The SMILES string of the molecule is NCC1(NC(=O)CCCc2ccc3c(c2)CC(=O)N3)CCCC1. The highest BCUT2D eigenvalue weighted by atomic mass is 16.2. The average Bonchev–Trinajstić information content (AvgIpc) is 3.13. The van der Waals surface area contributed by atoms with Crippen molar-refractivity contribution >= 4 is 17.5 Å². The molecule has 1 saturated carbocycles. The number of aryl methyl sites for hydroxylation is 1. The largest absolute Gasteiger partial charge is 0.349 e. The van der Waals surface area contributed by atoms with Gasteiger partial charge >= 0.3 is 0 Å². The monoisotopic (exact) mass is 315 g/mol. The van der Waals surface area contributed by atoms with Crippen LogP contribution in [0.15, 0.2) is 18.2 Å². The third kappa shape index (κ3) is 3.72. The minimum Gasteiger partial charge on any atom is -0.349 e. The Hall–Kier alpha value is -1.88. The van der Waals surface area contributed by atoms with Gasteiger partial charge in [0, 0.05) is 18.7 Å². The summed E-state index contributed by atoms with van der Waals surface area (Å²) in [4.78, 5) is 23.5. The molecular weight excluding hydrogens is 290 g/mol. The summed E-state index contributed by atoms with van der Waals surface area (Å²) in [5.74, 6) is 0.163. The van der Waals surface area contributed by atoms with Gasteiger partial charge < -0.3 is 16.4 Å². The van der Waals surface area contributed by atoms with E-state index in [2.05, 4.69) is 16.7 Å². The minimum absolute atomic E-state index is 0.0557. The molecule has 1 aliphatic heterocycles. The maximum Gasteiger partial charge on any atom is 0.228 e. The first kappa shape index (κ1) is 16.0. The number of carbonyl (C=O) groups excluding carboxylic acids is 2. The molecule has 124 valence electrons. The summed E-state index contributed by atoms with van der Waals surface area (Å²) in [6.45, 7) is 0.532. The van der Waals surface area contributed by atoms with Gasteiger partial charge in [0.15, 0.2) is 0 Å². The number of amides is 2. The van der Waals surface area contributed by atoms with Gasteiger partial charge in [0.2, 0.25) is 11.8 Å². The van der Waals surface area contributed by atoms with Crippen molar-refractivity contribution in [1.82, 2.24) is 5.32 Å². The van der Waals surface area contributed by atoms with Gasteiger partial charge in [0.05, 0.1) is 12.0 Å². The average molecular weight is 315 g/mol. The van der Waals surface area contributed by atoms with Crippen molar-refractivity contribution in [3.8, 4) is 0 Å². The molecule has 23 heavy (non-hydrogen) atoms. The van der Waals surface area contributed by atoms with Gasteiger partial charge in [0.25, 0.3) is 0 Å². The quantitative estimate of drug-likeness (QED) is 0.749. The Kier molecular flexibility index (Phi) is 4.66. The van der Waals surface area contributed by atoms with Gasteiger partial charge in [-0.2, -0.15) is 0 Å². The van der Waals surface area contributed by atoms with Crippen LogP contribution in [-0.4, -0.2) is 23.9 Å². The van der Waals surface area contributed by atoms with Crippen molar-refractivity contribution < 1.29 is 9.59 Å². The van der Waals surface area contributed by atoms with Crippen LogP contribution in [0.3, 0.4) is 0 Å². The summed E-state index contributed by atoms with van der Waals surface area (Å²) in [5, 5.41) is 5.99. The second-order valence-electron chi connectivity index (χ2n) is 6.81. The van der Waals surface area contributed by atoms with Gasteiger partial charge in [-0.3, -0.25) is 9.59 Å². The normalized spacial score (nSPS) is 18.6. The van der Waals surface area contributed by atoms with Crippen LogP contribution in [0.1, 0.15) is 49.7 Å². The second kappa shape index (κ2) is 6.71. The molecule has 1 fully saturated rings. The Bertz CT molecular complexity index is 606. The zero-order valence-corrected chi connectivity index (χ0v) is 13.5. The van der Waals surface area contributed by atoms with Gasteiger partial charge in [-0.25, -0.2) is 0 Å². The van der Waals surface area contributed by atoms with Gasteiger partial charge in [0.1, 0.15) is 0 Å². The number of hydrogen-bond acceptors (Lipinski definition) is 3. The summed E-state index contributed by atoms with van der Waals surface area (Å²) < 4.78 is 0. The molecule has 0 atom stereocenters. The highest BCUT2D eigenvalue weighted by molar-refractivity contribution is 5.99. The maximum atomic E-state index is 12.2. The Labute approximate surface area is 137 Å². The van der Waals surface area contributed by atoms with Crippen LogP contribution in [0.2, 0.25) is 0 Å². The number of fused-ring (bicyclic) bond motifs is 1. The molecule has 1 aromatic carbocycles. The highest BCUT2D eigenvalue weighted by Crippen LogP contribution is 2.29. The van der Waals surface area contributed by atoms with Crippen molar-refractivity contribution in [1.29, 1.82) is 0 Å². The summed E-state index contributed by atoms with van der Waals surface area (Å²) in [5.41, 5.74) is 8.86. The van der Waals surface area contributed by atoms with Crippen LogP contribution in [-0.2, 0) is 22.4 Å². The fourth-order valence-corrected chi connectivity index (χ4v) is 3.68. The summed E-state index contributed by atoms with van der Waals surface area (Å²) >= 11 is 0. The van der Waals surface area contributed by atoms with E-state index in [1.807, 2.05) is 12.1 Å². The molecule has 1 aliphatic carbocycles. The number of hydrogen-bond donors (Lipinski definition) is 3. The van der Waals surface area contributed by atoms with E-state index in [9.17, 15) is 9.59 Å². The molecule has 0 saturated heterocycles. The minimum atomic E-state index is -0.156. The first-order valence-electron chi connectivity index (χ1n) is 8.53. The molecule has 0 unspecified atom stereocenters. The van der Waals surface area contributed by atoms with E-state index in [4.69, 9.17) is 5.73 Å². The summed E-state index contributed by atoms with van der Waals surface area (Å²) in [6, 6.07) is 6.06. The molecular formula is C18H25N3O2. The van der Waals surface area contributed by atoms with E-state index < -0.39 is 0 Å². The zero-order chi connectivity index (χ0) is 16.3. The number of anilines is 1. The standard InChI is InChI=1S/C18H25N3O2/c19-12-18(8-1-2-9-18)21-16(22)5-3-4-13-6-7-15-14(10-13)11-17(23)20-15/h6-7,10H,1-5,8-9,11-12,19H2,(H,20,23)(H,21,22). The lowest BCUT2D eigenvalue weighted by molar-refractivity contribution is -0.123. The first-order valence-corrected chi connectivity index (χ1v) is 8.53. The van der Waals surface area contributed by atoms with Crippen molar-refractivity contribution in [3.05, 3.63) is 29.3 Å². The summed E-state index contributed by atoms with van der Waals surface area (Å²) in [7, 11) is 0. The van der Waals surface area contributed by atoms with Crippen LogP contribution in [0.4, 0.5) is 5.69 Å². The number of rotatable bonds is 6. The molecule has 4 N–H and O–H groups in total. The third-order valence-corrected chi connectivity index (χ3v) is 5.02. The number of nitrogens with two attached hydrogens (primary N) is 1. The lowest BCUT2D eigenvalue weighted by Gasteiger charge is -2.28. The van der Waals surface area contributed by atoms with Crippen LogP contribution < -0.4 is 16.4 Å². The van der Waals surface area contributed by atoms with Crippen molar-refractivity contribution in [2.75, 3.05) is 11.9 Å². The molecule has 0 aromatic heterocycles. The first-order chi connectivity index (χ1) is 11.1. The molecule has 5 nitrogen and oxygen atoms in total. The molecule has 3 rings (SSSR count). The van der Waals surface area contributed by atoms with Gasteiger partial charge in [-0.05, 0) is 42.9 Å². The zero-order valence-electron chi connectivity index (χ0n) is 13.5. The summed E-state index contributed by atoms with van der Waals surface area (Å²) in [6.07, 6.45) is 6.96. The number of benzene rings is 1. The van der Waals surface area contributed by atoms with Crippen LogP contribution in [0, 0.1) is 0 Å². The molecule has 1 aromatic rings. The predicted molar refractivity (Wildman–Crippen MR) is 90.1 cm³/mol. The molecule has 0 spiro atoms. The predicted octanol–water partition coefficient (Wildman–Crippen LogP) is 1.89. The Morgan fingerprint density at radius 1 is 1.30 bits per heavy atom. The topological polar surface area (TPSA) is 84.2 Å². The van der Waals surface area contributed by atoms with Crippen LogP contribution >= 0.6 is 0 Å². The Balaban J connectivity index is 1.47. The lowest BCUT2D eigenvalue weighted by atomic mass is 9.97. The third-order valence-electron chi connectivity index (χ3n) is 5.02. The van der Waals surface area contributed by atoms with E-state index in [1.54, 1.807) is 0 Å². The van der Waals surface area contributed by atoms with Crippen LogP contribution in [0.5, 0.6) is 0 Å². The van der Waals surface area contributed by atoms with Crippen molar-refractivity contribution in [2.24, 2.45) is 5.73 Å². The van der Waals surface area contributed by atoms with E-state index in [-0.39, 0.29) is 17.4 Å². The van der Waals surface area contributed by atoms with E-state index in [1.165, 1.54) is 5.56 Å². The van der Waals surface area contributed by atoms with Crippen molar-refractivity contribution in [3.63, 3.8) is 0 Å². The molecule has 2 aliphatic rings.